The molecule has 2 amide bonds. The van der Waals surface area contributed by atoms with E-state index < -0.39 is 34.3 Å². The second kappa shape index (κ2) is 13.3. The summed E-state index contributed by atoms with van der Waals surface area (Å²) < 4.78 is 40.8. The van der Waals surface area contributed by atoms with Crippen LogP contribution in [0, 0.1) is 19.7 Å². The highest BCUT2D eigenvalue weighted by Crippen LogP contribution is 2.26. The molecule has 0 radical (unpaired) electrons. The Morgan fingerprint density at radius 1 is 0.927 bits per heavy atom. The van der Waals surface area contributed by atoms with Crippen LogP contribution in [-0.2, 0) is 32.6 Å². The van der Waals surface area contributed by atoms with Crippen LogP contribution in [0.2, 0.25) is 0 Å². The number of benzene rings is 3. The lowest BCUT2D eigenvalue weighted by Crippen LogP contribution is -2.54. The van der Waals surface area contributed by atoms with Gasteiger partial charge in [-0.1, -0.05) is 67.4 Å². The second-order valence-corrected chi connectivity index (χ2v) is 12.7. The molecule has 9 heteroatoms. The standard InChI is InChI=1S/C32H38FN3O4S/c1-23-10-9-15-29(24(23)2)36(41(3,39)40)22-31(37)35(21-26-16-18-27(33)19-17-26)30(20-25-11-5-4-6-12-25)32(38)34-28-13-7-8-14-28/h4-6,9-12,15-19,28,30H,7-8,13-14,20-22H2,1-3H3,(H,34,38). The largest absolute Gasteiger partial charge is 0.352 e. The quantitative estimate of drug-likeness (QED) is 0.350. The van der Waals surface area contributed by atoms with Gasteiger partial charge in [-0.3, -0.25) is 13.9 Å². The first kappa shape index (κ1) is 30.2. The van der Waals surface area contributed by atoms with E-state index in [-0.39, 0.29) is 24.9 Å². The van der Waals surface area contributed by atoms with Crippen molar-refractivity contribution < 1.29 is 22.4 Å². The Hall–Kier alpha value is -3.72. The van der Waals surface area contributed by atoms with Crippen molar-refractivity contribution in [2.24, 2.45) is 0 Å². The third-order valence-corrected chi connectivity index (χ3v) is 8.89. The van der Waals surface area contributed by atoms with Gasteiger partial charge in [0.15, 0.2) is 0 Å². The summed E-state index contributed by atoms with van der Waals surface area (Å²) in [6, 6.07) is 19.6. The molecule has 7 nitrogen and oxygen atoms in total. The van der Waals surface area contributed by atoms with Gasteiger partial charge in [0.1, 0.15) is 18.4 Å². The molecule has 0 spiro atoms. The molecular weight excluding hydrogens is 541 g/mol. The Morgan fingerprint density at radius 3 is 2.22 bits per heavy atom. The molecule has 0 bridgehead atoms. The monoisotopic (exact) mass is 579 g/mol. The molecule has 41 heavy (non-hydrogen) atoms. The second-order valence-electron chi connectivity index (χ2n) is 10.8. The van der Waals surface area contributed by atoms with Gasteiger partial charge in [-0.05, 0) is 67.1 Å². The van der Waals surface area contributed by atoms with Gasteiger partial charge in [-0.25, -0.2) is 12.8 Å². The van der Waals surface area contributed by atoms with Gasteiger partial charge in [0, 0.05) is 19.0 Å². The number of hydrogen-bond donors (Lipinski definition) is 1. The minimum absolute atomic E-state index is 0.0130. The van der Waals surface area contributed by atoms with Crippen LogP contribution in [-0.4, -0.2) is 50.0 Å². The number of rotatable bonds is 11. The van der Waals surface area contributed by atoms with Gasteiger partial charge < -0.3 is 10.2 Å². The number of sulfonamides is 1. The van der Waals surface area contributed by atoms with Crippen molar-refractivity contribution in [3.05, 3.63) is 101 Å². The average molecular weight is 580 g/mol. The molecule has 4 rings (SSSR count). The summed E-state index contributed by atoms with van der Waals surface area (Å²) in [5, 5.41) is 3.14. The minimum Gasteiger partial charge on any atom is -0.352 e. The summed E-state index contributed by atoms with van der Waals surface area (Å²) in [6.07, 6.45) is 5.14. The van der Waals surface area contributed by atoms with Crippen molar-refractivity contribution in [2.75, 3.05) is 17.1 Å². The van der Waals surface area contributed by atoms with Crippen molar-refractivity contribution in [3.8, 4) is 0 Å². The van der Waals surface area contributed by atoms with E-state index in [2.05, 4.69) is 5.32 Å². The first-order chi connectivity index (χ1) is 19.5. The highest BCUT2D eigenvalue weighted by Gasteiger charge is 2.34. The Labute approximate surface area is 242 Å². The summed E-state index contributed by atoms with van der Waals surface area (Å²) in [5.41, 5.74) is 3.55. The van der Waals surface area contributed by atoms with Gasteiger partial charge >= 0.3 is 0 Å². The van der Waals surface area contributed by atoms with Gasteiger partial charge in [-0.2, -0.15) is 0 Å². The molecule has 1 N–H and O–H groups in total. The molecule has 1 fully saturated rings. The third-order valence-electron chi connectivity index (χ3n) is 7.76. The topological polar surface area (TPSA) is 86.8 Å². The number of aryl methyl sites for hydroxylation is 1. The summed E-state index contributed by atoms with van der Waals surface area (Å²) in [5.74, 6) is -1.22. The molecule has 3 aromatic carbocycles. The summed E-state index contributed by atoms with van der Waals surface area (Å²) in [4.78, 5) is 29.5. The molecule has 1 atom stereocenters. The van der Waals surface area contributed by atoms with Crippen LogP contribution in [0.5, 0.6) is 0 Å². The van der Waals surface area contributed by atoms with Crippen LogP contribution in [0.25, 0.3) is 0 Å². The maximum absolute atomic E-state index is 14.2. The normalized spacial score (nSPS) is 14.4. The third kappa shape index (κ3) is 7.94. The molecule has 0 aliphatic heterocycles. The minimum atomic E-state index is -3.85. The van der Waals surface area contributed by atoms with E-state index in [4.69, 9.17) is 0 Å². The lowest BCUT2D eigenvalue weighted by molar-refractivity contribution is -0.140. The van der Waals surface area contributed by atoms with Crippen LogP contribution in [0.15, 0.2) is 72.8 Å². The molecule has 1 aliphatic carbocycles. The van der Waals surface area contributed by atoms with Crippen molar-refractivity contribution in [2.45, 2.75) is 64.6 Å². The molecule has 3 aromatic rings. The summed E-state index contributed by atoms with van der Waals surface area (Å²) in [6.45, 7) is 3.23. The first-order valence-electron chi connectivity index (χ1n) is 13.9. The highest BCUT2D eigenvalue weighted by atomic mass is 32.2. The smallest absolute Gasteiger partial charge is 0.244 e. The Bertz CT molecular complexity index is 1460. The van der Waals surface area contributed by atoms with Gasteiger partial charge in [-0.15, -0.1) is 0 Å². The number of halogens is 1. The van der Waals surface area contributed by atoms with Crippen LogP contribution >= 0.6 is 0 Å². The fraction of sp³-hybridized carbons (Fsp3) is 0.375. The Kier molecular flexibility index (Phi) is 9.81. The van der Waals surface area contributed by atoms with E-state index in [0.717, 1.165) is 52.9 Å². The molecule has 1 aliphatic rings. The van der Waals surface area contributed by atoms with Gasteiger partial charge in [0.05, 0.1) is 11.9 Å². The maximum Gasteiger partial charge on any atom is 0.244 e. The zero-order valence-corrected chi connectivity index (χ0v) is 24.7. The molecule has 0 aromatic heterocycles. The molecule has 0 saturated heterocycles. The Balaban J connectivity index is 1.74. The maximum atomic E-state index is 14.2. The average Bonchev–Trinajstić information content (AvgIpc) is 3.45. The highest BCUT2D eigenvalue weighted by molar-refractivity contribution is 7.92. The van der Waals surface area contributed by atoms with E-state index in [0.29, 0.717) is 11.3 Å². The summed E-state index contributed by atoms with van der Waals surface area (Å²) in [7, 11) is -3.85. The summed E-state index contributed by atoms with van der Waals surface area (Å²) >= 11 is 0. The van der Waals surface area contributed by atoms with E-state index in [1.54, 1.807) is 24.3 Å². The number of amides is 2. The van der Waals surface area contributed by atoms with Crippen molar-refractivity contribution >= 4 is 27.5 Å². The SMILES string of the molecule is Cc1cccc(N(CC(=O)N(Cc2ccc(F)cc2)C(Cc2ccccc2)C(=O)NC2CCCC2)S(C)(=O)=O)c1C. The molecule has 0 heterocycles. The van der Waals surface area contributed by atoms with Crippen LogP contribution in [0.4, 0.5) is 10.1 Å². The van der Waals surface area contributed by atoms with Crippen molar-refractivity contribution in [3.63, 3.8) is 0 Å². The van der Waals surface area contributed by atoms with E-state index >= 15 is 0 Å². The zero-order valence-electron chi connectivity index (χ0n) is 23.8. The van der Waals surface area contributed by atoms with E-state index in [1.165, 1.54) is 17.0 Å². The van der Waals surface area contributed by atoms with Crippen molar-refractivity contribution in [1.29, 1.82) is 0 Å². The predicted molar refractivity (Wildman–Crippen MR) is 159 cm³/mol. The Morgan fingerprint density at radius 2 is 1.59 bits per heavy atom. The number of nitrogens with one attached hydrogen (secondary N) is 1. The number of anilines is 1. The number of carbonyl (C=O) groups is 2. The number of carbonyl (C=O) groups excluding carboxylic acids is 2. The lowest BCUT2D eigenvalue weighted by atomic mass is 10.0. The molecule has 218 valence electrons. The molecular formula is C32H38FN3O4S. The molecule has 1 unspecified atom stereocenters. The molecule has 1 saturated carbocycles. The predicted octanol–water partition coefficient (Wildman–Crippen LogP) is 4.91. The first-order valence-corrected chi connectivity index (χ1v) is 15.8. The van der Waals surface area contributed by atoms with E-state index in [1.807, 2.05) is 50.2 Å². The lowest BCUT2D eigenvalue weighted by Gasteiger charge is -2.34. The number of hydrogen-bond acceptors (Lipinski definition) is 4. The number of nitrogens with zero attached hydrogens (tertiary/aromatic N) is 2. The van der Waals surface area contributed by atoms with Crippen molar-refractivity contribution in [1.82, 2.24) is 10.2 Å². The fourth-order valence-corrected chi connectivity index (χ4v) is 6.21. The van der Waals surface area contributed by atoms with Gasteiger partial charge in [0.25, 0.3) is 0 Å². The fourth-order valence-electron chi connectivity index (χ4n) is 5.31. The zero-order chi connectivity index (χ0) is 29.6. The van der Waals surface area contributed by atoms with Crippen LogP contribution in [0.3, 0.4) is 0 Å². The van der Waals surface area contributed by atoms with E-state index in [9.17, 15) is 22.4 Å². The van der Waals surface area contributed by atoms with Gasteiger partial charge in [0.2, 0.25) is 21.8 Å². The van der Waals surface area contributed by atoms with Crippen LogP contribution < -0.4 is 9.62 Å². The van der Waals surface area contributed by atoms with Crippen LogP contribution in [0.1, 0.15) is 47.9 Å².